The lowest BCUT2D eigenvalue weighted by atomic mass is 9.48. The first-order valence-electron chi connectivity index (χ1n) is 13.1. The molecule has 0 radical (unpaired) electrons. The average Bonchev–Trinajstić information content (AvgIpc) is 3.17. The number of aromatic hydroxyl groups is 1. The normalized spacial score (nSPS) is 32.9. The zero-order valence-electron chi connectivity index (χ0n) is 21.2. The lowest BCUT2D eigenvalue weighted by Gasteiger charge is -2.63. The summed E-state index contributed by atoms with van der Waals surface area (Å²) in [5, 5.41) is 23.0. The molecule has 36 heavy (non-hydrogen) atoms. The maximum atomic E-state index is 13.5. The van der Waals surface area contributed by atoms with E-state index in [4.69, 9.17) is 4.74 Å². The van der Waals surface area contributed by atoms with Gasteiger partial charge in [0.05, 0.1) is 22.8 Å². The molecular weight excluding hydrogens is 476 g/mol. The van der Waals surface area contributed by atoms with Crippen LogP contribution in [0.4, 0.5) is 0 Å². The van der Waals surface area contributed by atoms with E-state index in [1.54, 1.807) is 6.07 Å². The number of rotatable bonds is 6. The molecule has 6 rings (SSSR count). The topological polar surface area (TPSA) is 99.1 Å². The Balaban J connectivity index is 1.36. The molecule has 2 heterocycles. The van der Waals surface area contributed by atoms with Gasteiger partial charge < -0.3 is 19.8 Å². The Labute approximate surface area is 213 Å². The van der Waals surface area contributed by atoms with E-state index < -0.39 is 33.2 Å². The third kappa shape index (κ3) is 3.37. The van der Waals surface area contributed by atoms with Gasteiger partial charge in [-0.2, -0.15) is 0 Å². The molecule has 5 atom stereocenters. The van der Waals surface area contributed by atoms with E-state index in [2.05, 4.69) is 30.5 Å². The van der Waals surface area contributed by atoms with Crippen molar-refractivity contribution in [2.24, 2.45) is 5.92 Å². The second-order valence-corrected chi connectivity index (χ2v) is 13.5. The van der Waals surface area contributed by atoms with Crippen molar-refractivity contribution in [3.05, 3.63) is 58.7 Å². The van der Waals surface area contributed by atoms with E-state index in [-0.39, 0.29) is 17.5 Å². The largest absolute Gasteiger partial charge is 0.504 e. The lowest BCUT2D eigenvalue weighted by molar-refractivity contribution is -0.185. The van der Waals surface area contributed by atoms with Gasteiger partial charge in [0.2, 0.25) is 10.0 Å². The van der Waals surface area contributed by atoms with Gasteiger partial charge in [0.25, 0.3) is 0 Å². The van der Waals surface area contributed by atoms with E-state index in [9.17, 15) is 18.6 Å². The van der Waals surface area contributed by atoms with Gasteiger partial charge in [-0.1, -0.05) is 44.2 Å². The fourth-order valence-corrected chi connectivity index (χ4v) is 9.17. The van der Waals surface area contributed by atoms with Gasteiger partial charge in [-0.15, -0.1) is 0 Å². The van der Waals surface area contributed by atoms with Gasteiger partial charge in [0, 0.05) is 11.6 Å². The summed E-state index contributed by atoms with van der Waals surface area (Å²) in [7, 11) is -1.63. The molecule has 2 bridgehead atoms. The quantitative estimate of drug-likeness (QED) is 0.551. The first-order valence-corrected chi connectivity index (χ1v) is 14.7. The summed E-state index contributed by atoms with van der Waals surface area (Å²) in [6.07, 6.45) is 2.55. The number of benzene rings is 2. The van der Waals surface area contributed by atoms with Crippen LogP contribution in [0.5, 0.6) is 11.5 Å². The van der Waals surface area contributed by atoms with Crippen LogP contribution < -0.4 is 9.46 Å². The Hall–Kier alpha value is -2.13. The number of nitrogens with one attached hydrogen (secondary N) is 1. The van der Waals surface area contributed by atoms with E-state index in [0.717, 1.165) is 35.2 Å². The minimum Gasteiger partial charge on any atom is -0.504 e. The fourth-order valence-electron chi connectivity index (χ4n) is 7.69. The average molecular weight is 513 g/mol. The van der Waals surface area contributed by atoms with Gasteiger partial charge in [0.1, 0.15) is 6.10 Å². The molecule has 7 nitrogen and oxygen atoms in total. The zero-order chi connectivity index (χ0) is 25.5. The molecule has 2 aliphatic carbocycles. The molecule has 2 aromatic rings. The van der Waals surface area contributed by atoms with Crippen molar-refractivity contribution in [3.63, 3.8) is 0 Å². The molecule has 3 N–H and O–H groups in total. The zero-order valence-corrected chi connectivity index (χ0v) is 22.0. The van der Waals surface area contributed by atoms with Crippen molar-refractivity contribution in [1.29, 1.82) is 0 Å². The summed E-state index contributed by atoms with van der Waals surface area (Å²) in [6, 6.07) is 10.8. The van der Waals surface area contributed by atoms with E-state index in [1.165, 1.54) is 0 Å². The minimum atomic E-state index is -3.68. The number of hydrogen-bond donors (Lipinski definition) is 3. The maximum absolute atomic E-state index is 13.5. The van der Waals surface area contributed by atoms with Crippen LogP contribution in [0.25, 0.3) is 0 Å². The highest BCUT2D eigenvalue weighted by atomic mass is 32.2. The summed E-state index contributed by atoms with van der Waals surface area (Å²) >= 11 is 0. The van der Waals surface area contributed by atoms with Crippen LogP contribution in [0.1, 0.15) is 55.4 Å². The number of piperidine rings is 1. The first-order chi connectivity index (χ1) is 17.1. The molecule has 194 valence electrons. The summed E-state index contributed by atoms with van der Waals surface area (Å²) < 4.78 is 36.4. The van der Waals surface area contributed by atoms with Crippen molar-refractivity contribution < 1.29 is 23.4 Å². The molecule has 4 aliphatic rings. The first kappa shape index (κ1) is 24.2. The van der Waals surface area contributed by atoms with Gasteiger partial charge in [-0.05, 0) is 74.4 Å². The van der Waals surface area contributed by atoms with Gasteiger partial charge in [-0.25, -0.2) is 13.1 Å². The molecule has 2 aromatic carbocycles. The summed E-state index contributed by atoms with van der Waals surface area (Å²) in [6.45, 7) is 5.04. The summed E-state index contributed by atoms with van der Waals surface area (Å²) in [4.78, 5) is 2.23. The molecule has 0 unspecified atom stereocenters. The van der Waals surface area contributed by atoms with Crippen molar-refractivity contribution in [2.75, 3.05) is 13.6 Å². The molecule has 1 saturated carbocycles. The Bertz CT molecular complexity index is 1310. The number of phenols is 1. The van der Waals surface area contributed by atoms with E-state index >= 15 is 0 Å². The second-order valence-electron chi connectivity index (χ2n) is 11.7. The molecule has 1 spiro atoms. The third-order valence-corrected chi connectivity index (χ3v) is 10.5. The summed E-state index contributed by atoms with van der Waals surface area (Å²) in [5.74, 6) is 0.812. The van der Waals surface area contributed by atoms with Crippen molar-refractivity contribution in [1.82, 2.24) is 9.62 Å². The Morgan fingerprint density at radius 3 is 2.67 bits per heavy atom. The van der Waals surface area contributed by atoms with Crippen LogP contribution in [-0.2, 0) is 34.0 Å². The number of nitrogens with zero attached hydrogens (tertiary/aromatic N) is 1. The molecule has 0 aromatic heterocycles. The number of aliphatic hydroxyl groups is 1. The Morgan fingerprint density at radius 2 is 1.92 bits per heavy atom. The van der Waals surface area contributed by atoms with Gasteiger partial charge in [0.15, 0.2) is 11.5 Å². The SMILES string of the molecule is CC(C)Cc1ccccc1CS(=O)(=O)N[C@H]1CC[C@@]2(O)[C@H]3Cc4ccc(O)c5c4[C@@]2(CCN3C)[C@H]1O5. The van der Waals surface area contributed by atoms with Crippen molar-refractivity contribution in [3.8, 4) is 11.5 Å². The molecular formula is C28H36N2O5S. The van der Waals surface area contributed by atoms with Crippen LogP contribution >= 0.6 is 0 Å². The Morgan fingerprint density at radius 1 is 1.17 bits per heavy atom. The third-order valence-electron chi connectivity index (χ3n) is 9.15. The molecule has 8 heteroatoms. The Kier molecular flexibility index (Phi) is 5.51. The maximum Gasteiger partial charge on any atom is 0.216 e. The highest BCUT2D eigenvalue weighted by molar-refractivity contribution is 7.88. The monoisotopic (exact) mass is 512 g/mol. The molecule has 1 saturated heterocycles. The smallest absolute Gasteiger partial charge is 0.216 e. The number of hydrogen-bond acceptors (Lipinski definition) is 6. The fraction of sp³-hybridized carbons (Fsp3) is 0.571. The molecule has 0 amide bonds. The van der Waals surface area contributed by atoms with Crippen molar-refractivity contribution >= 4 is 10.0 Å². The van der Waals surface area contributed by atoms with Gasteiger partial charge in [-0.3, -0.25) is 0 Å². The number of likely N-dealkylation sites (N-methyl/N-ethyl adjacent to an activating group) is 1. The lowest BCUT2D eigenvalue weighted by Crippen LogP contribution is -2.77. The molecule has 2 fully saturated rings. The van der Waals surface area contributed by atoms with Gasteiger partial charge >= 0.3 is 0 Å². The van der Waals surface area contributed by atoms with Crippen molar-refractivity contribution in [2.45, 2.75) is 80.9 Å². The second kappa shape index (κ2) is 8.18. The number of sulfonamides is 1. The highest BCUT2D eigenvalue weighted by Gasteiger charge is 2.72. The number of phenolic OH excluding ortho intramolecular Hbond substituents is 1. The predicted octanol–water partition coefficient (Wildman–Crippen LogP) is 2.86. The predicted molar refractivity (Wildman–Crippen MR) is 138 cm³/mol. The van der Waals surface area contributed by atoms with Crippen LogP contribution in [0.15, 0.2) is 36.4 Å². The van der Waals surface area contributed by atoms with Crippen LogP contribution in [0.3, 0.4) is 0 Å². The van der Waals surface area contributed by atoms with E-state index in [0.29, 0.717) is 37.4 Å². The molecule has 2 aliphatic heterocycles. The number of likely N-dealkylation sites (tertiary alicyclic amines) is 1. The highest BCUT2D eigenvalue weighted by Crippen LogP contribution is 2.65. The van der Waals surface area contributed by atoms with Crippen LogP contribution in [0.2, 0.25) is 0 Å². The van der Waals surface area contributed by atoms with Crippen LogP contribution in [0, 0.1) is 5.92 Å². The van der Waals surface area contributed by atoms with Crippen LogP contribution in [-0.4, -0.2) is 60.9 Å². The number of ether oxygens (including phenoxy) is 1. The van der Waals surface area contributed by atoms with E-state index in [1.807, 2.05) is 30.3 Å². The summed E-state index contributed by atoms with van der Waals surface area (Å²) in [5.41, 5.74) is 2.06. The minimum absolute atomic E-state index is 0.0569. The standard InChI is InChI=1S/C28H36N2O5S/c1-17(2)14-18-6-4-5-7-20(18)16-36(33,34)29-21-10-11-28(32)23-15-19-8-9-22(31)25-24(19)27(28,26(21)35-25)12-13-30(23)3/h4-9,17,21,23,26,29,31-32H,10-16H2,1-3H3/t21-,23+,26-,27-,28+/m0/s1.